The third-order valence-electron chi connectivity index (χ3n) is 2.68. The Balaban J connectivity index is 1.87. The quantitative estimate of drug-likeness (QED) is 0.777. The minimum Gasteiger partial charge on any atom is -0.339 e. The molecule has 84 valence electrons. The van der Waals surface area contributed by atoms with E-state index in [1.165, 1.54) is 0 Å². The molecule has 1 aliphatic heterocycles. The van der Waals surface area contributed by atoms with Gasteiger partial charge in [-0.15, -0.1) is 5.10 Å². The molecule has 0 aromatic carbocycles. The molecule has 0 bridgehead atoms. The van der Waals surface area contributed by atoms with Crippen molar-refractivity contribution in [2.24, 2.45) is 0 Å². The van der Waals surface area contributed by atoms with Gasteiger partial charge in [-0.25, -0.2) is 4.68 Å². The monoisotopic (exact) mass is 220 g/mol. The van der Waals surface area contributed by atoms with Crippen LogP contribution in [0.5, 0.6) is 0 Å². The highest BCUT2D eigenvalue weighted by atomic mass is 16.5. The van der Waals surface area contributed by atoms with Crippen LogP contribution in [0, 0.1) is 6.92 Å². The summed E-state index contributed by atoms with van der Waals surface area (Å²) in [4.78, 5) is 4.11. The lowest BCUT2D eigenvalue weighted by Gasteiger charge is -2.05. The van der Waals surface area contributed by atoms with Gasteiger partial charge in [-0.05, 0) is 13.0 Å². The molecular formula is C9H12N6O. The maximum atomic E-state index is 4.90. The smallest absolute Gasteiger partial charge is 0.224 e. The molecule has 7 heteroatoms. The summed E-state index contributed by atoms with van der Waals surface area (Å²) in [7, 11) is 0. The number of rotatable bonds is 2. The van der Waals surface area contributed by atoms with Crippen LogP contribution in [0.4, 0.5) is 0 Å². The fraction of sp³-hybridized carbons (Fsp3) is 0.556. The summed E-state index contributed by atoms with van der Waals surface area (Å²) in [6, 6.07) is 0.384. The summed E-state index contributed by atoms with van der Waals surface area (Å²) in [5.41, 5.74) is 0.656. The van der Waals surface area contributed by atoms with E-state index in [0.29, 0.717) is 23.5 Å². The van der Waals surface area contributed by atoms with E-state index in [4.69, 9.17) is 4.52 Å². The van der Waals surface area contributed by atoms with Gasteiger partial charge in [-0.2, -0.15) is 4.98 Å². The maximum Gasteiger partial charge on any atom is 0.224 e. The normalized spacial score (nSPS) is 20.4. The lowest BCUT2D eigenvalue weighted by molar-refractivity contribution is 0.394. The number of aromatic nitrogens is 5. The average Bonchev–Trinajstić information content (AvgIpc) is 2.97. The van der Waals surface area contributed by atoms with Crippen LogP contribution < -0.4 is 5.32 Å². The molecule has 16 heavy (non-hydrogen) atoms. The van der Waals surface area contributed by atoms with Crippen molar-refractivity contribution in [2.75, 3.05) is 13.1 Å². The first-order valence-electron chi connectivity index (χ1n) is 5.26. The van der Waals surface area contributed by atoms with Crippen LogP contribution in [-0.4, -0.2) is 38.2 Å². The molecule has 1 atom stereocenters. The lowest BCUT2D eigenvalue weighted by Crippen LogP contribution is -2.13. The zero-order valence-electron chi connectivity index (χ0n) is 8.92. The molecule has 3 heterocycles. The highest BCUT2D eigenvalue weighted by molar-refractivity contribution is 5.45. The highest BCUT2D eigenvalue weighted by Crippen LogP contribution is 2.17. The van der Waals surface area contributed by atoms with Gasteiger partial charge >= 0.3 is 0 Å². The number of nitrogens with zero attached hydrogens (tertiary/aromatic N) is 5. The summed E-state index contributed by atoms with van der Waals surface area (Å²) < 4.78 is 6.77. The van der Waals surface area contributed by atoms with E-state index in [9.17, 15) is 0 Å². The molecule has 1 fully saturated rings. The van der Waals surface area contributed by atoms with E-state index in [2.05, 4.69) is 25.8 Å². The van der Waals surface area contributed by atoms with Crippen LogP contribution in [0.3, 0.4) is 0 Å². The average molecular weight is 220 g/mol. The molecule has 0 saturated carbocycles. The Labute approximate surface area is 91.8 Å². The number of aryl methyl sites for hydroxylation is 1. The fourth-order valence-electron chi connectivity index (χ4n) is 1.83. The summed E-state index contributed by atoms with van der Waals surface area (Å²) >= 11 is 0. The number of hydrogen-bond donors (Lipinski definition) is 1. The first-order chi connectivity index (χ1) is 7.83. The van der Waals surface area contributed by atoms with Crippen LogP contribution in [0.15, 0.2) is 10.7 Å². The topological polar surface area (TPSA) is 81.7 Å². The Hall–Kier alpha value is -1.76. The minimum absolute atomic E-state index is 0.384. The second-order valence-electron chi connectivity index (χ2n) is 3.87. The molecule has 2 aromatic rings. The predicted molar refractivity (Wildman–Crippen MR) is 54.6 cm³/mol. The van der Waals surface area contributed by atoms with Gasteiger partial charge in [0.05, 0.1) is 12.2 Å². The second-order valence-corrected chi connectivity index (χ2v) is 3.87. The van der Waals surface area contributed by atoms with E-state index in [1.54, 1.807) is 6.92 Å². The van der Waals surface area contributed by atoms with E-state index < -0.39 is 0 Å². The molecule has 0 radical (unpaired) electrons. The summed E-state index contributed by atoms with van der Waals surface area (Å²) in [6.07, 6.45) is 2.94. The van der Waals surface area contributed by atoms with Gasteiger partial charge in [0.2, 0.25) is 11.7 Å². The van der Waals surface area contributed by atoms with Gasteiger partial charge in [-0.3, -0.25) is 0 Å². The molecule has 0 spiro atoms. The minimum atomic E-state index is 0.384. The SMILES string of the molecule is Cc1nc(-c2cn(C3CCNC3)nn2)no1. The lowest BCUT2D eigenvalue weighted by atomic mass is 10.3. The Morgan fingerprint density at radius 2 is 2.50 bits per heavy atom. The van der Waals surface area contributed by atoms with Gasteiger partial charge in [0.25, 0.3) is 0 Å². The van der Waals surface area contributed by atoms with Crippen molar-refractivity contribution in [3.05, 3.63) is 12.1 Å². The van der Waals surface area contributed by atoms with Crippen LogP contribution in [-0.2, 0) is 0 Å². The van der Waals surface area contributed by atoms with Crippen molar-refractivity contribution in [1.82, 2.24) is 30.5 Å². The molecule has 2 aromatic heterocycles. The van der Waals surface area contributed by atoms with Crippen molar-refractivity contribution in [3.8, 4) is 11.5 Å². The molecular weight excluding hydrogens is 208 g/mol. The number of nitrogens with one attached hydrogen (secondary N) is 1. The molecule has 1 saturated heterocycles. The van der Waals surface area contributed by atoms with Crippen molar-refractivity contribution in [1.29, 1.82) is 0 Å². The summed E-state index contributed by atoms with van der Waals surface area (Å²) in [5.74, 6) is 1.03. The summed E-state index contributed by atoms with van der Waals surface area (Å²) in [6.45, 7) is 3.72. The Bertz CT molecular complexity index is 484. The van der Waals surface area contributed by atoms with Crippen LogP contribution in [0.2, 0.25) is 0 Å². The fourth-order valence-corrected chi connectivity index (χ4v) is 1.83. The van der Waals surface area contributed by atoms with Crippen LogP contribution in [0.25, 0.3) is 11.5 Å². The Morgan fingerprint density at radius 1 is 1.56 bits per heavy atom. The first kappa shape index (κ1) is 9.46. The largest absolute Gasteiger partial charge is 0.339 e. The highest BCUT2D eigenvalue weighted by Gasteiger charge is 2.19. The van der Waals surface area contributed by atoms with Crippen LogP contribution >= 0.6 is 0 Å². The Kier molecular flexibility index (Phi) is 2.17. The predicted octanol–water partition coefficient (Wildman–Crippen LogP) is 0.171. The first-order valence-corrected chi connectivity index (χ1v) is 5.26. The van der Waals surface area contributed by atoms with E-state index in [1.807, 2.05) is 10.9 Å². The van der Waals surface area contributed by atoms with Crippen molar-refractivity contribution in [3.63, 3.8) is 0 Å². The van der Waals surface area contributed by atoms with Crippen molar-refractivity contribution < 1.29 is 4.52 Å². The zero-order chi connectivity index (χ0) is 11.0. The third kappa shape index (κ3) is 1.58. The second kappa shape index (κ2) is 3.67. The van der Waals surface area contributed by atoms with Gasteiger partial charge in [0, 0.05) is 13.5 Å². The molecule has 0 aliphatic carbocycles. The van der Waals surface area contributed by atoms with Crippen LogP contribution in [0.1, 0.15) is 18.4 Å². The standard InChI is InChI=1S/C9H12N6O/c1-6-11-9(13-16-6)8-5-15(14-12-8)7-2-3-10-4-7/h5,7,10H,2-4H2,1H3. The molecule has 3 rings (SSSR count). The molecule has 1 aliphatic rings. The van der Waals surface area contributed by atoms with Crippen molar-refractivity contribution in [2.45, 2.75) is 19.4 Å². The maximum absolute atomic E-state index is 4.90. The van der Waals surface area contributed by atoms with Gasteiger partial charge < -0.3 is 9.84 Å². The van der Waals surface area contributed by atoms with Crippen molar-refractivity contribution >= 4 is 0 Å². The van der Waals surface area contributed by atoms with E-state index >= 15 is 0 Å². The third-order valence-corrected chi connectivity index (χ3v) is 2.68. The van der Waals surface area contributed by atoms with Gasteiger partial charge in [-0.1, -0.05) is 10.4 Å². The molecule has 7 nitrogen and oxygen atoms in total. The van der Waals surface area contributed by atoms with E-state index in [0.717, 1.165) is 19.5 Å². The summed E-state index contributed by atoms with van der Waals surface area (Å²) in [5, 5.41) is 15.2. The van der Waals surface area contributed by atoms with Gasteiger partial charge in [0.15, 0.2) is 5.69 Å². The molecule has 1 unspecified atom stereocenters. The zero-order valence-corrected chi connectivity index (χ0v) is 8.92. The molecule has 1 N–H and O–H groups in total. The number of hydrogen-bond acceptors (Lipinski definition) is 6. The molecule has 0 amide bonds. The van der Waals surface area contributed by atoms with Gasteiger partial charge in [0.1, 0.15) is 0 Å². The Morgan fingerprint density at radius 3 is 3.19 bits per heavy atom. The van der Waals surface area contributed by atoms with E-state index in [-0.39, 0.29) is 0 Å².